The number of pyridine rings is 1. The number of anilines is 2. The van der Waals surface area contributed by atoms with E-state index in [-0.39, 0.29) is 87.7 Å². The summed E-state index contributed by atoms with van der Waals surface area (Å²) in [6, 6.07) is 11.7. The van der Waals surface area contributed by atoms with Crippen LogP contribution in [0.25, 0.3) is 11.5 Å². The number of rotatable bonds is 42. The minimum Gasteiger partial charge on any atom is -0.445 e. The number of benzene rings is 2. The zero-order valence-electron chi connectivity index (χ0n) is 63.5. The number of hydrogen-bond acceptors (Lipinski definition) is 22. The number of hydrogen-bond donors (Lipinski definition) is 9. The van der Waals surface area contributed by atoms with E-state index >= 15 is 0 Å². The molecule has 1 aliphatic heterocycles. The van der Waals surface area contributed by atoms with Crippen molar-refractivity contribution in [2.45, 2.75) is 195 Å². The van der Waals surface area contributed by atoms with E-state index in [2.05, 4.69) is 62.6 Å². The summed E-state index contributed by atoms with van der Waals surface area (Å²) in [4.78, 5) is 133. The number of amides is 10. The van der Waals surface area contributed by atoms with Gasteiger partial charge in [0.1, 0.15) is 42.6 Å². The molecule has 1 saturated heterocycles. The van der Waals surface area contributed by atoms with E-state index < -0.39 is 134 Å². The Morgan fingerprint density at radius 3 is 1.92 bits per heavy atom. The number of likely N-dealkylation sites (N-methyl/N-ethyl adjacent to an activating group) is 2. The Bertz CT molecular complexity index is 3500. The summed E-state index contributed by atoms with van der Waals surface area (Å²) >= 11 is 0. The second-order valence-corrected chi connectivity index (χ2v) is 29.4. The molecule has 33 heteroatoms. The van der Waals surface area contributed by atoms with Gasteiger partial charge in [-0.25, -0.2) is 9.59 Å². The molecule has 580 valence electrons. The molecule has 4 aromatic rings. The summed E-state index contributed by atoms with van der Waals surface area (Å²) in [5.74, 6) is -5.47. The van der Waals surface area contributed by atoms with Gasteiger partial charge in [0.15, 0.2) is 5.82 Å². The number of urea groups is 1. The zero-order chi connectivity index (χ0) is 77.8. The molecule has 1 fully saturated rings. The molecule has 2 aromatic heterocycles. The smallest absolute Gasteiger partial charge is 0.410 e. The van der Waals surface area contributed by atoms with Gasteiger partial charge >= 0.3 is 19.7 Å². The monoisotopic (exact) mass is 1490 g/mol. The van der Waals surface area contributed by atoms with E-state index in [1.807, 2.05) is 32.0 Å². The van der Waals surface area contributed by atoms with Crippen molar-refractivity contribution >= 4 is 72.4 Å². The predicted molar refractivity (Wildman–Crippen MR) is 393 cm³/mol. The van der Waals surface area contributed by atoms with Gasteiger partial charge in [0, 0.05) is 47.1 Å². The van der Waals surface area contributed by atoms with Crippen LogP contribution in [0.5, 0.6) is 0 Å². The van der Waals surface area contributed by atoms with Gasteiger partial charge in [-0.05, 0) is 106 Å². The number of methoxy groups -OCH3 is 2. The number of nitrogens with two attached hydrogens (primary N) is 1. The van der Waals surface area contributed by atoms with Crippen LogP contribution in [0.1, 0.15) is 145 Å². The van der Waals surface area contributed by atoms with Crippen LogP contribution in [0, 0.1) is 29.6 Å². The lowest BCUT2D eigenvalue weighted by atomic mass is 9.89. The van der Waals surface area contributed by atoms with Crippen molar-refractivity contribution in [2.24, 2.45) is 35.3 Å². The van der Waals surface area contributed by atoms with E-state index in [9.17, 15) is 52.8 Å². The van der Waals surface area contributed by atoms with Gasteiger partial charge in [0.05, 0.1) is 80.4 Å². The normalized spacial score (nSPS) is 16.2. The molecule has 32 nitrogen and oxygen atoms in total. The minimum absolute atomic E-state index is 0.0546. The van der Waals surface area contributed by atoms with Gasteiger partial charge in [0.25, 0.3) is 0 Å². The van der Waals surface area contributed by atoms with Gasteiger partial charge in [-0.1, -0.05) is 111 Å². The fourth-order valence-corrected chi connectivity index (χ4v) is 14.1. The van der Waals surface area contributed by atoms with Crippen LogP contribution >= 0.6 is 7.60 Å². The van der Waals surface area contributed by atoms with E-state index in [4.69, 9.17) is 29.0 Å². The van der Waals surface area contributed by atoms with Crippen LogP contribution in [0.15, 0.2) is 72.9 Å². The Morgan fingerprint density at radius 2 is 1.36 bits per heavy atom. The maximum atomic E-state index is 14.9. The number of nitrogens with zero attached hydrogens (tertiary/aromatic N) is 8. The van der Waals surface area contributed by atoms with Crippen LogP contribution in [-0.2, 0) is 74.2 Å². The van der Waals surface area contributed by atoms with Gasteiger partial charge in [0.2, 0.25) is 47.2 Å². The molecule has 12 atom stereocenters. The van der Waals surface area contributed by atoms with Crippen molar-refractivity contribution in [3.8, 4) is 11.5 Å². The molecule has 0 aliphatic carbocycles. The number of primary amides is 1. The maximum Gasteiger partial charge on any atom is 0.410 e. The number of carbonyl (C=O) groups excluding carboxylic acids is 9. The number of aromatic nitrogens is 5. The summed E-state index contributed by atoms with van der Waals surface area (Å²) in [5, 5.41) is 46.7. The molecule has 2 aromatic carbocycles. The van der Waals surface area contributed by atoms with E-state index in [0.717, 1.165) is 0 Å². The average Bonchev–Trinajstić information content (AvgIpc) is 1.48. The number of aliphatic hydroxyl groups is 1. The third-order valence-electron chi connectivity index (χ3n) is 18.5. The molecule has 0 bridgehead atoms. The second-order valence-electron chi connectivity index (χ2n) is 27.3. The fourth-order valence-electron chi connectivity index (χ4n) is 12.6. The number of aliphatic hydroxyl groups excluding tert-OH is 1. The van der Waals surface area contributed by atoms with Crippen molar-refractivity contribution in [1.82, 2.24) is 66.7 Å². The first-order chi connectivity index (χ1) is 49.8. The third-order valence-corrected chi connectivity index (χ3v) is 20.5. The lowest BCUT2D eigenvalue weighted by Crippen LogP contribution is -2.60. The van der Waals surface area contributed by atoms with Gasteiger partial charge in [-0.15, -0.1) is 20.4 Å². The number of likely N-dealkylation sites (tertiary alicyclic amines) is 1. The summed E-state index contributed by atoms with van der Waals surface area (Å²) < 4.78 is 41.3. The number of nitrogens with one attached hydrogen (secondary N) is 7. The van der Waals surface area contributed by atoms with Crippen LogP contribution in [0.2, 0.25) is 0 Å². The highest BCUT2D eigenvalue weighted by atomic mass is 31.2. The topological polar surface area (TPSA) is 421 Å². The van der Waals surface area contributed by atoms with Crippen molar-refractivity contribution in [2.75, 3.05) is 71.8 Å². The van der Waals surface area contributed by atoms with Crippen LogP contribution in [0.4, 0.5) is 21.0 Å². The number of ether oxygens (including phenoxy) is 3. The summed E-state index contributed by atoms with van der Waals surface area (Å²) in [6.07, 6.45) is 0.0412. The lowest BCUT2D eigenvalue weighted by Gasteiger charge is -2.41. The van der Waals surface area contributed by atoms with Gasteiger partial charge in [-0.3, -0.25) is 48.0 Å². The minimum atomic E-state index is -3.49. The maximum absolute atomic E-state index is 14.9. The first-order valence-electron chi connectivity index (χ1n) is 35.8. The molecule has 0 saturated carbocycles. The highest BCUT2D eigenvalue weighted by Crippen LogP contribution is 2.50. The third kappa shape index (κ3) is 25.7. The molecule has 5 rings (SSSR count). The van der Waals surface area contributed by atoms with Gasteiger partial charge in [-0.2, -0.15) is 0 Å². The Kier molecular flexibility index (Phi) is 35.0. The zero-order valence-corrected chi connectivity index (χ0v) is 64.3. The fraction of sp³-hybridized carbons (Fsp3) is 0.611. The summed E-state index contributed by atoms with van der Waals surface area (Å²) in [7, 11) is 2.58. The molecule has 10 amide bonds. The Balaban J connectivity index is 1.17. The molecule has 3 heterocycles. The number of carbonyl (C=O) groups is 9. The summed E-state index contributed by atoms with van der Waals surface area (Å²) in [6.45, 7) is 21.7. The average molecular weight is 1490 g/mol. The first-order valence-corrected chi connectivity index (χ1v) is 37.6. The molecule has 0 unspecified atom stereocenters. The standard InChI is InChI=1S/C72H111N16O16P/c1-17-45(10)62(55(100-15)37-58(90)88-36-24-28-54(88)64(101-16)46(11)66(92)77-47(12)63(91)49-25-21-20-22-26-49)86(13)70(96)60(43(6)7)81-69(95)61(44(8)9)87(14)72(98)102-40-48-29-31-50(32-30-48)78-67(93)53(27-23-35-74-71(73)97)79-68(94)59(42(4)5)80-57(89)39-75-51-33-34-52(76-38-51)65-84-82-56(83-85-65)41-105(99,103-18-2)104-19-3/h20-22,25-26,29-34,38,42-47,53-55,59-64,75,91H,17-19,23-24,27-28,35-37,39-41H2,1-16H3,(H,77,92)(H,78,93)(H,79,94)(H,80,89)(H,81,95)(H3,73,74,97)/t45-,46+,47+,53-,54-,55+,59-,60-,61-,62-,63+,64+/m0/s1. The molecule has 0 radical (unpaired) electrons. The molecule has 10 N–H and O–H groups in total. The van der Waals surface area contributed by atoms with Crippen molar-refractivity contribution in [3.63, 3.8) is 0 Å². The Labute approximate surface area is 616 Å². The highest BCUT2D eigenvalue weighted by molar-refractivity contribution is 7.53. The summed E-state index contributed by atoms with van der Waals surface area (Å²) in [5.41, 5.74) is 7.53. The molecular weight excluding hydrogens is 1380 g/mol. The lowest BCUT2D eigenvalue weighted by molar-refractivity contribution is -0.148. The van der Waals surface area contributed by atoms with Gasteiger partial charge < -0.3 is 81.1 Å². The first kappa shape index (κ1) is 86.8. The SMILES string of the molecule is CCOP(=O)(Cc1nnc(-c2ccc(NCC(=O)N[C@H](C(=O)N[C@@H](CCCNC(N)=O)C(=O)Nc3ccc(COC(=O)N(C)[C@H](C(=O)N[C@H](C(=O)N(C)[C@@H]([C@@H](C)CC)[C@@H](CC(=O)N4CCC[C@H]4[C@H](OC)[C@@H](C)C(=O)N[C@H](C)[C@@H](O)c4ccccc4)OC)C(C)C)C(C)C)cc3)C(C)C)cn2)nn1)OCC. The van der Waals surface area contributed by atoms with E-state index in [0.29, 0.717) is 54.0 Å². The van der Waals surface area contributed by atoms with Crippen molar-refractivity contribution < 1.29 is 76.1 Å². The largest absolute Gasteiger partial charge is 0.445 e. The quantitative estimate of drug-likeness (QED) is 0.0178. The van der Waals surface area contributed by atoms with E-state index in [1.54, 1.807) is 135 Å². The Morgan fingerprint density at radius 1 is 0.724 bits per heavy atom. The predicted octanol–water partition coefficient (Wildman–Crippen LogP) is 6.11. The van der Waals surface area contributed by atoms with Crippen molar-refractivity contribution in [1.29, 1.82) is 0 Å². The molecule has 105 heavy (non-hydrogen) atoms. The van der Waals surface area contributed by atoms with Crippen LogP contribution in [-0.4, -0.2) is 214 Å². The van der Waals surface area contributed by atoms with Crippen LogP contribution < -0.4 is 43.0 Å². The molecule has 0 spiro atoms. The highest BCUT2D eigenvalue weighted by Gasteiger charge is 2.44. The second kappa shape index (κ2) is 42.4. The Hall–Kier alpha value is -8.81. The molecule has 1 aliphatic rings. The van der Waals surface area contributed by atoms with Crippen LogP contribution in [0.3, 0.4) is 0 Å². The van der Waals surface area contributed by atoms with E-state index in [1.165, 1.54) is 32.4 Å². The van der Waals surface area contributed by atoms with Crippen molar-refractivity contribution in [3.05, 3.63) is 89.9 Å². The molecular formula is C72H111N16O16P.